The number of unbranched alkanes of at least 4 members (excludes halogenated alkanes) is 1. The van der Waals surface area contributed by atoms with Crippen LogP contribution in [-0.2, 0) is 9.59 Å². The van der Waals surface area contributed by atoms with E-state index in [1.54, 1.807) is 0 Å². The summed E-state index contributed by atoms with van der Waals surface area (Å²) < 4.78 is 0. The van der Waals surface area contributed by atoms with Gasteiger partial charge in [-0.25, -0.2) is 0 Å². The molecule has 0 atom stereocenters. The Bertz CT molecular complexity index is 258. The Morgan fingerprint density at radius 3 is 2.53 bits per heavy atom. The van der Waals surface area contributed by atoms with Crippen molar-refractivity contribution in [2.24, 2.45) is 5.92 Å². The van der Waals surface area contributed by atoms with Gasteiger partial charge in [-0.05, 0) is 25.2 Å². The van der Waals surface area contributed by atoms with E-state index >= 15 is 0 Å². The second-order valence-electron chi connectivity index (χ2n) is 4.94. The van der Waals surface area contributed by atoms with Crippen LogP contribution in [0.3, 0.4) is 0 Å². The Labute approximate surface area is 104 Å². The molecular weight excluding hydrogens is 216 g/mol. The van der Waals surface area contributed by atoms with Crippen LogP contribution in [0.25, 0.3) is 0 Å². The summed E-state index contributed by atoms with van der Waals surface area (Å²) in [6.07, 6.45) is 4.58. The van der Waals surface area contributed by atoms with Gasteiger partial charge < -0.3 is 10.2 Å². The van der Waals surface area contributed by atoms with E-state index in [1.165, 1.54) is 0 Å². The zero-order chi connectivity index (χ0) is 12.7. The number of hydrogen-bond acceptors (Lipinski definition) is 2. The fourth-order valence-corrected chi connectivity index (χ4v) is 1.97. The van der Waals surface area contributed by atoms with Gasteiger partial charge in [0.15, 0.2) is 0 Å². The molecule has 0 radical (unpaired) electrons. The van der Waals surface area contributed by atoms with Gasteiger partial charge in [0.05, 0.1) is 6.54 Å². The minimum Gasteiger partial charge on any atom is -0.347 e. The van der Waals surface area contributed by atoms with E-state index in [0.717, 1.165) is 44.7 Å². The minimum absolute atomic E-state index is 0.00872. The van der Waals surface area contributed by atoms with Gasteiger partial charge in [0.25, 0.3) is 0 Å². The van der Waals surface area contributed by atoms with Crippen molar-refractivity contribution in [1.29, 1.82) is 0 Å². The summed E-state index contributed by atoms with van der Waals surface area (Å²) in [5.41, 5.74) is 0. The second-order valence-corrected chi connectivity index (χ2v) is 4.94. The fraction of sp³-hybridized carbons (Fsp3) is 0.846. The predicted octanol–water partition coefficient (Wildman–Crippen LogP) is 1.55. The molecule has 1 N–H and O–H groups in total. The summed E-state index contributed by atoms with van der Waals surface area (Å²) in [5, 5.41) is 2.70. The first kappa shape index (κ1) is 14.0. The Balaban J connectivity index is 2.18. The molecule has 0 aliphatic carbocycles. The van der Waals surface area contributed by atoms with Gasteiger partial charge in [-0.1, -0.05) is 20.3 Å². The predicted molar refractivity (Wildman–Crippen MR) is 67.5 cm³/mol. The van der Waals surface area contributed by atoms with E-state index in [4.69, 9.17) is 0 Å². The highest BCUT2D eigenvalue weighted by molar-refractivity contribution is 5.84. The lowest BCUT2D eigenvalue weighted by atomic mass is 9.99. The number of nitrogens with one attached hydrogen (secondary N) is 1. The van der Waals surface area contributed by atoms with Crippen LogP contribution in [0.15, 0.2) is 0 Å². The van der Waals surface area contributed by atoms with E-state index in [9.17, 15) is 9.59 Å². The highest BCUT2D eigenvalue weighted by atomic mass is 16.2. The Morgan fingerprint density at radius 2 is 1.94 bits per heavy atom. The lowest BCUT2D eigenvalue weighted by molar-refractivity contribution is -0.134. The number of carbonyl (C=O) groups is 2. The maximum atomic E-state index is 11.8. The molecule has 0 aromatic rings. The lowest BCUT2D eigenvalue weighted by Crippen LogP contribution is -2.43. The van der Waals surface area contributed by atoms with E-state index in [1.807, 2.05) is 11.8 Å². The zero-order valence-electron chi connectivity index (χ0n) is 11.0. The van der Waals surface area contributed by atoms with Crippen LogP contribution >= 0.6 is 0 Å². The van der Waals surface area contributed by atoms with Crippen LogP contribution in [0.2, 0.25) is 0 Å². The van der Waals surface area contributed by atoms with Crippen molar-refractivity contribution in [3.8, 4) is 0 Å². The Morgan fingerprint density at radius 1 is 1.29 bits per heavy atom. The van der Waals surface area contributed by atoms with Gasteiger partial charge in [-0.15, -0.1) is 0 Å². The summed E-state index contributed by atoms with van der Waals surface area (Å²) in [4.78, 5) is 25.0. The first-order valence-electron chi connectivity index (χ1n) is 6.68. The van der Waals surface area contributed by atoms with E-state index in [-0.39, 0.29) is 18.4 Å². The molecule has 1 heterocycles. The van der Waals surface area contributed by atoms with Gasteiger partial charge in [0.2, 0.25) is 11.8 Å². The quantitative estimate of drug-likeness (QED) is 0.792. The third-order valence-electron chi connectivity index (χ3n) is 3.33. The number of likely N-dealkylation sites (tertiary alicyclic amines) is 1. The van der Waals surface area contributed by atoms with Crippen molar-refractivity contribution in [3.63, 3.8) is 0 Å². The largest absolute Gasteiger partial charge is 0.347 e. The summed E-state index contributed by atoms with van der Waals surface area (Å²) in [6.45, 7) is 6.11. The van der Waals surface area contributed by atoms with Crippen LogP contribution in [0.5, 0.6) is 0 Å². The molecular formula is C13H24N2O2. The SMILES string of the molecule is CCCCC(=O)NCC(=O)N1CCC(C)CC1. The van der Waals surface area contributed by atoms with Crippen molar-refractivity contribution in [3.05, 3.63) is 0 Å². The molecule has 4 heteroatoms. The van der Waals surface area contributed by atoms with Crippen LogP contribution in [0, 0.1) is 5.92 Å². The molecule has 0 spiro atoms. The second kappa shape index (κ2) is 7.30. The van der Waals surface area contributed by atoms with Crippen LogP contribution in [0.1, 0.15) is 46.0 Å². The van der Waals surface area contributed by atoms with Crippen molar-refractivity contribution in [1.82, 2.24) is 10.2 Å². The normalized spacial score (nSPS) is 16.9. The molecule has 1 aliphatic heterocycles. The first-order chi connectivity index (χ1) is 8.13. The van der Waals surface area contributed by atoms with Gasteiger partial charge in [0, 0.05) is 19.5 Å². The average molecular weight is 240 g/mol. The van der Waals surface area contributed by atoms with Crippen LogP contribution in [0.4, 0.5) is 0 Å². The minimum atomic E-state index is -0.00872. The first-order valence-corrected chi connectivity index (χ1v) is 6.68. The highest BCUT2D eigenvalue weighted by Crippen LogP contribution is 2.15. The molecule has 0 aromatic carbocycles. The van der Waals surface area contributed by atoms with Gasteiger partial charge in [-0.3, -0.25) is 9.59 Å². The summed E-state index contributed by atoms with van der Waals surface area (Å²) in [6, 6.07) is 0. The number of nitrogens with zero attached hydrogens (tertiary/aromatic N) is 1. The topological polar surface area (TPSA) is 49.4 Å². The smallest absolute Gasteiger partial charge is 0.241 e. The number of rotatable bonds is 5. The molecule has 0 saturated carbocycles. The van der Waals surface area contributed by atoms with Crippen molar-refractivity contribution in [2.75, 3.05) is 19.6 Å². The third kappa shape index (κ3) is 5.20. The molecule has 0 bridgehead atoms. The molecule has 2 amide bonds. The van der Waals surface area contributed by atoms with E-state index in [2.05, 4.69) is 12.2 Å². The van der Waals surface area contributed by atoms with Crippen LogP contribution < -0.4 is 5.32 Å². The highest BCUT2D eigenvalue weighted by Gasteiger charge is 2.20. The molecule has 1 saturated heterocycles. The third-order valence-corrected chi connectivity index (χ3v) is 3.33. The van der Waals surface area contributed by atoms with Crippen LogP contribution in [-0.4, -0.2) is 36.3 Å². The maximum Gasteiger partial charge on any atom is 0.241 e. The number of carbonyl (C=O) groups excluding carboxylic acids is 2. The number of hydrogen-bond donors (Lipinski definition) is 1. The summed E-state index contributed by atoms with van der Waals surface area (Å²) in [7, 11) is 0. The lowest BCUT2D eigenvalue weighted by Gasteiger charge is -2.30. The molecule has 1 fully saturated rings. The van der Waals surface area contributed by atoms with Gasteiger partial charge in [0.1, 0.15) is 0 Å². The standard InChI is InChI=1S/C13H24N2O2/c1-3-4-5-12(16)14-10-13(17)15-8-6-11(2)7-9-15/h11H,3-10H2,1-2H3,(H,14,16). The van der Waals surface area contributed by atoms with Gasteiger partial charge in [-0.2, -0.15) is 0 Å². The van der Waals surface area contributed by atoms with E-state index < -0.39 is 0 Å². The zero-order valence-corrected chi connectivity index (χ0v) is 11.0. The molecule has 17 heavy (non-hydrogen) atoms. The molecule has 1 rings (SSSR count). The van der Waals surface area contributed by atoms with E-state index in [0.29, 0.717) is 6.42 Å². The van der Waals surface area contributed by atoms with Gasteiger partial charge >= 0.3 is 0 Å². The summed E-state index contributed by atoms with van der Waals surface area (Å²) >= 11 is 0. The van der Waals surface area contributed by atoms with Crippen molar-refractivity contribution >= 4 is 11.8 Å². The Hall–Kier alpha value is -1.06. The average Bonchev–Trinajstić information content (AvgIpc) is 2.34. The monoisotopic (exact) mass is 240 g/mol. The summed E-state index contributed by atoms with van der Waals surface area (Å²) in [5.74, 6) is 0.769. The fourth-order valence-electron chi connectivity index (χ4n) is 1.97. The molecule has 4 nitrogen and oxygen atoms in total. The number of amides is 2. The molecule has 98 valence electrons. The van der Waals surface area contributed by atoms with Crippen molar-refractivity contribution < 1.29 is 9.59 Å². The Kier molecular flexibility index (Phi) is 6.01. The number of piperidine rings is 1. The maximum absolute atomic E-state index is 11.8. The molecule has 1 aliphatic rings. The molecule has 0 unspecified atom stereocenters. The van der Waals surface area contributed by atoms with Crippen molar-refractivity contribution in [2.45, 2.75) is 46.0 Å². The molecule has 0 aromatic heterocycles.